The van der Waals surface area contributed by atoms with Crippen LogP contribution in [0.4, 0.5) is 0 Å². The van der Waals surface area contributed by atoms with Gasteiger partial charge in [-0.3, -0.25) is 0 Å². The molecule has 0 aromatic heterocycles. The number of hydrogen-bond acceptors (Lipinski definition) is 2. The van der Waals surface area contributed by atoms with Crippen molar-refractivity contribution in [1.29, 1.82) is 0 Å². The largest absolute Gasteiger partial charge is 0.386 e. The van der Waals surface area contributed by atoms with E-state index in [1.165, 1.54) is 11.1 Å². The highest BCUT2D eigenvalue weighted by atomic mass is 28.3. The van der Waals surface area contributed by atoms with E-state index in [0.29, 0.717) is 0 Å². The molecule has 4 rings (SSSR count). The number of aliphatic hydroxyl groups is 2. The summed E-state index contributed by atoms with van der Waals surface area (Å²) in [6.07, 6.45) is 5.55. The zero-order valence-corrected chi connectivity index (χ0v) is 18.5. The fourth-order valence-electron chi connectivity index (χ4n) is 4.54. The van der Waals surface area contributed by atoms with E-state index < -0.39 is 20.3 Å². The summed E-state index contributed by atoms with van der Waals surface area (Å²) in [5.74, 6) is 0. The van der Waals surface area contributed by atoms with E-state index in [0.717, 1.165) is 47.1 Å². The molecule has 0 amide bonds. The van der Waals surface area contributed by atoms with Crippen molar-refractivity contribution in [2.75, 3.05) is 0 Å². The second-order valence-corrected chi connectivity index (χ2v) is 14.3. The van der Waals surface area contributed by atoms with Crippen molar-refractivity contribution in [3.63, 3.8) is 0 Å². The quantitative estimate of drug-likeness (QED) is 0.527. The highest BCUT2D eigenvalue weighted by Crippen LogP contribution is 2.46. The molecule has 2 nitrogen and oxygen atoms in total. The number of benzene rings is 2. The standard InChI is InChI=1S/C26H30O2Si/c1-29(2,3)17-22-24-21(25(27)26(22)28)14-8-13-19-11-7-12-20(23(19)24)16-15-18-9-5-4-6-10-18/h4-7,9-12,15-17,25-28H,8,13-14H2,1-3H3/b16-15-,22-17-/t25-,26+/m0/s1. The Bertz CT molecular complexity index is 993. The number of aliphatic hydroxyl groups excluding tert-OH is 2. The topological polar surface area (TPSA) is 40.5 Å². The number of hydrogen-bond donors (Lipinski definition) is 2. The van der Waals surface area contributed by atoms with Gasteiger partial charge in [0, 0.05) is 0 Å². The molecular weight excluding hydrogens is 372 g/mol. The number of rotatable bonds is 3. The molecule has 2 atom stereocenters. The third-order valence-electron chi connectivity index (χ3n) is 5.75. The van der Waals surface area contributed by atoms with Gasteiger partial charge in [0.1, 0.15) is 12.2 Å². The Hall–Kier alpha value is -2.20. The van der Waals surface area contributed by atoms with Crippen LogP contribution in [0.1, 0.15) is 35.1 Å². The summed E-state index contributed by atoms with van der Waals surface area (Å²) in [5, 5.41) is 21.8. The molecule has 3 heteroatoms. The van der Waals surface area contributed by atoms with Crippen LogP contribution in [0.25, 0.3) is 17.7 Å². The van der Waals surface area contributed by atoms with Gasteiger partial charge in [-0.15, -0.1) is 0 Å². The van der Waals surface area contributed by atoms with Gasteiger partial charge in [-0.2, -0.15) is 0 Å². The minimum absolute atomic E-state index is 0.787. The lowest BCUT2D eigenvalue weighted by Gasteiger charge is -2.20. The molecule has 0 aliphatic heterocycles. The molecule has 0 unspecified atom stereocenters. The molecule has 2 aliphatic carbocycles. The third kappa shape index (κ3) is 4.09. The highest BCUT2D eigenvalue weighted by molar-refractivity contribution is 6.81. The van der Waals surface area contributed by atoms with Crippen LogP contribution in [0.3, 0.4) is 0 Å². The smallest absolute Gasteiger partial charge is 0.109 e. The summed E-state index contributed by atoms with van der Waals surface area (Å²) < 4.78 is 0. The van der Waals surface area contributed by atoms with Crippen LogP contribution in [0.15, 0.2) is 65.4 Å². The molecule has 2 aromatic carbocycles. The molecule has 0 radical (unpaired) electrons. The van der Waals surface area contributed by atoms with E-state index in [4.69, 9.17) is 0 Å². The van der Waals surface area contributed by atoms with E-state index in [1.54, 1.807) is 0 Å². The Morgan fingerprint density at radius 3 is 2.34 bits per heavy atom. The number of aryl methyl sites for hydroxylation is 1. The molecule has 0 spiro atoms. The summed E-state index contributed by atoms with van der Waals surface area (Å²) in [6.45, 7) is 6.82. The van der Waals surface area contributed by atoms with E-state index in [1.807, 2.05) is 18.2 Å². The Morgan fingerprint density at radius 1 is 0.862 bits per heavy atom. The lowest BCUT2D eigenvalue weighted by atomic mass is 9.90. The lowest BCUT2D eigenvalue weighted by Crippen LogP contribution is -2.26. The fraction of sp³-hybridized carbons (Fsp3) is 0.308. The van der Waals surface area contributed by atoms with E-state index in [9.17, 15) is 10.2 Å². The molecule has 29 heavy (non-hydrogen) atoms. The number of fused-ring (bicyclic) bond motifs is 2. The zero-order chi connectivity index (χ0) is 20.6. The van der Waals surface area contributed by atoms with Gasteiger partial charge in [0.25, 0.3) is 0 Å². The molecule has 2 aromatic rings. The highest BCUT2D eigenvalue weighted by Gasteiger charge is 2.39. The normalized spacial score (nSPS) is 23.4. The Labute approximate surface area is 174 Å². The fourth-order valence-corrected chi connectivity index (χ4v) is 5.78. The van der Waals surface area contributed by atoms with Gasteiger partial charge >= 0.3 is 0 Å². The van der Waals surface area contributed by atoms with Crippen LogP contribution >= 0.6 is 0 Å². The Kier molecular flexibility index (Phi) is 5.47. The zero-order valence-electron chi connectivity index (χ0n) is 17.5. The molecule has 0 saturated carbocycles. The second kappa shape index (κ2) is 7.90. The van der Waals surface area contributed by atoms with E-state index in [2.05, 4.69) is 67.8 Å². The van der Waals surface area contributed by atoms with Crippen molar-refractivity contribution in [2.24, 2.45) is 0 Å². The first-order chi connectivity index (χ1) is 13.8. The average Bonchev–Trinajstić information content (AvgIpc) is 2.84. The monoisotopic (exact) mass is 402 g/mol. The minimum Gasteiger partial charge on any atom is -0.386 e. The summed E-state index contributed by atoms with van der Waals surface area (Å²) in [5.41, 5.74) is 10.2. The second-order valence-electron chi connectivity index (χ2n) is 9.23. The lowest BCUT2D eigenvalue weighted by molar-refractivity contribution is 0.0741. The molecule has 0 saturated heterocycles. The predicted octanol–water partition coefficient (Wildman–Crippen LogP) is 5.49. The van der Waals surface area contributed by atoms with Gasteiger partial charge in [-0.25, -0.2) is 0 Å². The minimum atomic E-state index is -1.58. The van der Waals surface area contributed by atoms with Crippen molar-refractivity contribution < 1.29 is 10.2 Å². The molecule has 2 aliphatic rings. The van der Waals surface area contributed by atoms with E-state index >= 15 is 0 Å². The summed E-state index contributed by atoms with van der Waals surface area (Å²) in [4.78, 5) is 0. The van der Waals surface area contributed by atoms with Crippen molar-refractivity contribution in [1.82, 2.24) is 0 Å². The maximum absolute atomic E-state index is 10.9. The predicted molar refractivity (Wildman–Crippen MR) is 125 cm³/mol. The van der Waals surface area contributed by atoms with Crippen LogP contribution in [-0.2, 0) is 6.42 Å². The van der Waals surface area contributed by atoms with Gasteiger partial charge in [-0.1, -0.05) is 86.0 Å². The summed E-state index contributed by atoms with van der Waals surface area (Å²) in [7, 11) is -1.58. The van der Waals surface area contributed by atoms with Gasteiger partial charge < -0.3 is 10.2 Å². The van der Waals surface area contributed by atoms with Crippen LogP contribution in [-0.4, -0.2) is 30.5 Å². The first-order valence-corrected chi connectivity index (χ1v) is 14.1. The molecule has 150 valence electrons. The van der Waals surface area contributed by atoms with Gasteiger partial charge in [-0.05, 0) is 58.2 Å². The van der Waals surface area contributed by atoms with E-state index in [-0.39, 0.29) is 0 Å². The first kappa shape index (κ1) is 20.1. The maximum atomic E-state index is 10.9. The molecule has 0 heterocycles. The van der Waals surface area contributed by atoms with Crippen molar-refractivity contribution in [3.8, 4) is 0 Å². The summed E-state index contributed by atoms with van der Waals surface area (Å²) >= 11 is 0. The average molecular weight is 403 g/mol. The van der Waals surface area contributed by atoms with Crippen LogP contribution in [0.2, 0.25) is 19.6 Å². The van der Waals surface area contributed by atoms with Crippen molar-refractivity contribution in [3.05, 3.63) is 87.6 Å². The first-order valence-electron chi connectivity index (χ1n) is 10.5. The molecule has 0 fully saturated rings. The molecule has 2 N–H and O–H groups in total. The SMILES string of the molecule is C[Si](C)(C)/C=C1/C2=C(CCCc3cccc(/C=C\c4ccccc4)c32)[C@H](O)[C@@H]1O. The van der Waals surface area contributed by atoms with Crippen molar-refractivity contribution >= 4 is 25.8 Å². The Morgan fingerprint density at radius 2 is 1.62 bits per heavy atom. The van der Waals surface area contributed by atoms with Crippen LogP contribution in [0.5, 0.6) is 0 Å². The van der Waals surface area contributed by atoms with Crippen molar-refractivity contribution in [2.45, 2.75) is 51.1 Å². The Balaban J connectivity index is 1.90. The molecular formula is C26H30O2Si. The van der Waals surface area contributed by atoms with Gasteiger partial charge in [0.2, 0.25) is 0 Å². The third-order valence-corrected chi connectivity index (χ3v) is 6.93. The summed E-state index contributed by atoms with van der Waals surface area (Å²) in [6, 6.07) is 16.8. The van der Waals surface area contributed by atoms with Crippen LogP contribution in [0, 0.1) is 0 Å². The van der Waals surface area contributed by atoms with Gasteiger partial charge in [0.05, 0.1) is 8.07 Å². The van der Waals surface area contributed by atoms with Crippen LogP contribution < -0.4 is 0 Å². The maximum Gasteiger partial charge on any atom is 0.109 e. The molecule has 0 bridgehead atoms. The van der Waals surface area contributed by atoms with Gasteiger partial charge in [0.15, 0.2) is 0 Å².